The van der Waals surface area contributed by atoms with Crippen molar-refractivity contribution in [3.8, 4) is 5.69 Å². The molecule has 134 valence electrons. The van der Waals surface area contributed by atoms with Crippen LogP contribution >= 0.6 is 11.6 Å². The van der Waals surface area contributed by atoms with Gasteiger partial charge in [0.1, 0.15) is 5.15 Å². The molecule has 0 spiro atoms. The van der Waals surface area contributed by atoms with Crippen molar-refractivity contribution in [2.45, 2.75) is 18.7 Å². The minimum Gasteiger partial charge on any atom is -0.221 e. The van der Waals surface area contributed by atoms with E-state index in [1.165, 1.54) is 18.3 Å². The molecule has 3 aromatic rings. The van der Waals surface area contributed by atoms with Crippen molar-refractivity contribution in [3.63, 3.8) is 0 Å². The highest BCUT2D eigenvalue weighted by molar-refractivity contribution is 7.89. The second-order valence-corrected chi connectivity index (χ2v) is 7.72. The maximum atomic E-state index is 12.2. The third-order valence-electron chi connectivity index (χ3n) is 3.75. The van der Waals surface area contributed by atoms with Crippen LogP contribution in [0.25, 0.3) is 5.69 Å². The molecule has 1 N–H and O–H groups in total. The molecule has 0 unspecified atom stereocenters. The zero-order valence-corrected chi connectivity index (χ0v) is 15.8. The lowest BCUT2D eigenvalue weighted by Gasteiger charge is -2.03. The van der Waals surface area contributed by atoms with E-state index in [4.69, 9.17) is 11.6 Å². The Labute approximate surface area is 157 Å². The first-order valence-corrected chi connectivity index (χ1v) is 9.67. The third-order valence-corrected chi connectivity index (χ3v) is 5.35. The summed E-state index contributed by atoms with van der Waals surface area (Å²) >= 11 is 6.40. The average molecular weight is 389 g/mol. The number of rotatable bonds is 5. The number of hydrogen-bond acceptors (Lipinski definition) is 4. The summed E-state index contributed by atoms with van der Waals surface area (Å²) in [5, 5.41) is 8.59. The summed E-state index contributed by atoms with van der Waals surface area (Å²) in [7, 11) is -3.72. The highest BCUT2D eigenvalue weighted by atomic mass is 35.5. The van der Waals surface area contributed by atoms with Crippen molar-refractivity contribution in [1.82, 2.24) is 14.6 Å². The lowest BCUT2D eigenvalue weighted by molar-refractivity contribution is 0.584. The van der Waals surface area contributed by atoms with Crippen LogP contribution in [0.2, 0.25) is 5.15 Å². The quantitative estimate of drug-likeness (QED) is 0.537. The largest absolute Gasteiger partial charge is 0.276 e. The van der Waals surface area contributed by atoms with Crippen LogP contribution < -0.4 is 4.83 Å². The number of nitrogens with one attached hydrogen (secondary N) is 1. The van der Waals surface area contributed by atoms with E-state index in [1.54, 1.807) is 29.8 Å². The predicted octanol–water partition coefficient (Wildman–Crippen LogP) is 3.45. The van der Waals surface area contributed by atoms with Gasteiger partial charge in [-0.05, 0) is 38.1 Å². The fourth-order valence-electron chi connectivity index (χ4n) is 2.33. The van der Waals surface area contributed by atoms with Crippen LogP contribution in [0, 0.1) is 13.8 Å². The van der Waals surface area contributed by atoms with Gasteiger partial charge in [0, 0.05) is 0 Å². The van der Waals surface area contributed by atoms with Crippen LogP contribution in [0.4, 0.5) is 0 Å². The molecule has 3 rings (SSSR count). The minimum absolute atomic E-state index is 0.135. The minimum atomic E-state index is -3.72. The molecular formula is C18H17ClN4O2S. The number of hydrogen-bond donors (Lipinski definition) is 1. The van der Waals surface area contributed by atoms with E-state index < -0.39 is 10.0 Å². The molecule has 8 heteroatoms. The third kappa shape index (κ3) is 3.79. The molecule has 0 aliphatic carbocycles. The van der Waals surface area contributed by atoms with E-state index in [0.717, 1.165) is 11.3 Å². The van der Waals surface area contributed by atoms with Gasteiger partial charge >= 0.3 is 0 Å². The number of hydrazone groups is 1. The van der Waals surface area contributed by atoms with Crippen LogP contribution in [0.1, 0.15) is 16.8 Å². The zero-order chi connectivity index (χ0) is 18.7. The van der Waals surface area contributed by atoms with Crippen molar-refractivity contribution in [3.05, 3.63) is 76.6 Å². The Bertz CT molecular complexity index is 1040. The summed E-state index contributed by atoms with van der Waals surface area (Å²) < 4.78 is 25.9. The monoisotopic (exact) mass is 388 g/mol. The van der Waals surface area contributed by atoms with Gasteiger partial charge in [-0.3, -0.25) is 0 Å². The topological polar surface area (TPSA) is 76.3 Å². The first kappa shape index (κ1) is 18.2. The molecule has 1 heterocycles. The molecule has 0 amide bonds. The van der Waals surface area contributed by atoms with E-state index in [2.05, 4.69) is 15.0 Å². The molecule has 0 atom stereocenters. The van der Waals surface area contributed by atoms with E-state index in [0.29, 0.717) is 16.4 Å². The Kier molecular flexibility index (Phi) is 5.11. The second-order valence-electron chi connectivity index (χ2n) is 5.70. The standard InChI is InChI=1S/C18H17ClN4O2S/c1-13-8-10-15(11-9-13)23-18(19)17(14(2)21-23)12-20-22-26(24,25)16-6-4-3-5-7-16/h3-12,22H,1-2H3/b20-12+. The smallest absolute Gasteiger partial charge is 0.221 e. The number of benzene rings is 2. The van der Waals surface area contributed by atoms with Gasteiger partial charge in [0.05, 0.1) is 28.1 Å². The molecule has 1 aromatic heterocycles. The molecule has 0 bridgehead atoms. The summed E-state index contributed by atoms with van der Waals surface area (Å²) in [5.74, 6) is 0. The van der Waals surface area contributed by atoms with Gasteiger partial charge in [-0.25, -0.2) is 9.51 Å². The zero-order valence-electron chi connectivity index (χ0n) is 14.2. The molecule has 0 radical (unpaired) electrons. The van der Waals surface area contributed by atoms with Crippen molar-refractivity contribution < 1.29 is 8.42 Å². The van der Waals surface area contributed by atoms with Gasteiger partial charge in [-0.1, -0.05) is 47.5 Å². The van der Waals surface area contributed by atoms with Crippen molar-refractivity contribution in [2.24, 2.45) is 5.10 Å². The summed E-state index contributed by atoms with van der Waals surface area (Å²) in [6.07, 6.45) is 1.36. The number of aromatic nitrogens is 2. The lowest BCUT2D eigenvalue weighted by Crippen LogP contribution is -2.18. The number of nitrogens with zero attached hydrogens (tertiary/aromatic N) is 3. The van der Waals surface area contributed by atoms with Gasteiger partial charge < -0.3 is 0 Å². The highest BCUT2D eigenvalue weighted by Gasteiger charge is 2.14. The highest BCUT2D eigenvalue weighted by Crippen LogP contribution is 2.22. The maximum absolute atomic E-state index is 12.2. The Morgan fingerprint density at radius 2 is 1.73 bits per heavy atom. The summed E-state index contributed by atoms with van der Waals surface area (Å²) in [6, 6.07) is 15.8. The second kappa shape index (κ2) is 7.31. The van der Waals surface area contributed by atoms with Gasteiger partial charge in [-0.15, -0.1) is 0 Å². The van der Waals surface area contributed by atoms with Gasteiger partial charge in [0.15, 0.2) is 0 Å². The Balaban J connectivity index is 1.84. The fraction of sp³-hybridized carbons (Fsp3) is 0.111. The van der Waals surface area contributed by atoms with E-state index in [9.17, 15) is 8.42 Å². The van der Waals surface area contributed by atoms with Crippen LogP contribution in [-0.4, -0.2) is 24.4 Å². The predicted molar refractivity (Wildman–Crippen MR) is 102 cm³/mol. The molecule has 0 fully saturated rings. The fourth-order valence-corrected chi connectivity index (χ4v) is 3.46. The number of sulfonamides is 1. The summed E-state index contributed by atoms with van der Waals surface area (Å²) in [4.78, 5) is 2.32. The first-order valence-electron chi connectivity index (χ1n) is 7.80. The lowest BCUT2D eigenvalue weighted by atomic mass is 10.2. The van der Waals surface area contributed by atoms with Gasteiger partial charge in [0.25, 0.3) is 10.0 Å². The van der Waals surface area contributed by atoms with E-state index in [-0.39, 0.29) is 4.90 Å². The molecular weight excluding hydrogens is 372 g/mol. The summed E-state index contributed by atoms with van der Waals surface area (Å²) in [5.41, 5.74) is 3.13. The number of aryl methyl sites for hydroxylation is 2. The first-order chi connectivity index (χ1) is 12.4. The van der Waals surface area contributed by atoms with Crippen molar-refractivity contribution in [1.29, 1.82) is 0 Å². The number of halogens is 1. The maximum Gasteiger partial charge on any atom is 0.276 e. The molecule has 0 saturated heterocycles. The Morgan fingerprint density at radius 1 is 1.08 bits per heavy atom. The molecule has 0 aliphatic heterocycles. The van der Waals surface area contributed by atoms with E-state index >= 15 is 0 Å². The van der Waals surface area contributed by atoms with Crippen LogP contribution in [0.3, 0.4) is 0 Å². The Hall–Kier alpha value is -2.64. The molecule has 6 nitrogen and oxygen atoms in total. The van der Waals surface area contributed by atoms with Gasteiger partial charge in [-0.2, -0.15) is 18.6 Å². The van der Waals surface area contributed by atoms with Crippen LogP contribution in [-0.2, 0) is 10.0 Å². The van der Waals surface area contributed by atoms with E-state index in [1.807, 2.05) is 31.2 Å². The summed E-state index contributed by atoms with van der Waals surface area (Å²) in [6.45, 7) is 3.78. The Morgan fingerprint density at radius 3 is 2.38 bits per heavy atom. The van der Waals surface area contributed by atoms with Crippen molar-refractivity contribution in [2.75, 3.05) is 0 Å². The molecule has 0 saturated carbocycles. The van der Waals surface area contributed by atoms with Crippen LogP contribution in [0.15, 0.2) is 64.6 Å². The molecule has 2 aromatic carbocycles. The van der Waals surface area contributed by atoms with Crippen LogP contribution in [0.5, 0.6) is 0 Å². The van der Waals surface area contributed by atoms with Gasteiger partial charge in [0.2, 0.25) is 0 Å². The average Bonchev–Trinajstić information content (AvgIpc) is 2.91. The molecule has 26 heavy (non-hydrogen) atoms. The normalized spacial score (nSPS) is 11.8. The SMILES string of the molecule is Cc1ccc(-n2nc(C)c(/C=N/NS(=O)(=O)c3ccccc3)c2Cl)cc1. The van der Waals surface area contributed by atoms with Crippen molar-refractivity contribution >= 4 is 27.8 Å². The molecule has 0 aliphatic rings.